The molecule has 0 radical (unpaired) electrons. The van der Waals surface area contributed by atoms with Crippen molar-refractivity contribution in [1.82, 2.24) is 14.8 Å². The zero-order valence-corrected chi connectivity index (χ0v) is 12.4. The summed E-state index contributed by atoms with van der Waals surface area (Å²) in [5, 5.41) is 5.72. The fourth-order valence-electron chi connectivity index (χ4n) is 1.83. The summed E-state index contributed by atoms with van der Waals surface area (Å²) in [6, 6.07) is 14.6. The molecule has 100 valence electrons. The van der Waals surface area contributed by atoms with Crippen molar-refractivity contribution in [3.05, 3.63) is 63.9 Å². The van der Waals surface area contributed by atoms with Gasteiger partial charge in [-0.25, -0.2) is 4.68 Å². The molecular formula is C14H8Cl3N3. The van der Waals surface area contributed by atoms with Gasteiger partial charge in [-0.1, -0.05) is 47.5 Å². The van der Waals surface area contributed by atoms with E-state index in [4.69, 9.17) is 34.8 Å². The number of hydrogen-bond donors (Lipinski definition) is 0. The molecule has 20 heavy (non-hydrogen) atoms. The molecule has 0 amide bonds. The molecule has 1 heterocycles. The number of rotatable bonds is 2. The first-order valence-corrected chi connectivity index (χ1v) is 6.92. The average molecular weight is 325 g/mol. The van der Waals surface area contributed by atoms with E-state index in [1.807, 2.05) is 36.4 Å². The van der Waals surface area contributed by atoms with E-state index in [9.17, 15) is 0 Å². The molecule has 0 N–H and O–H groups in total. The van der Waals surface area contributed by atoms with E-state index in [2.05, 4.69) is 10.1 Å². The standard InChI is InChI=1S/C14H8Cl3N3/c15-10-6-2-1-5-9(10)13-18-14(17)20(19-13)12-8-4-3-7-11(12)16/h1-8H. The van der Waals surface area contributed by atoms with Gasteiger partial charge in [-0.3, -0.25) is 0 Å². The molecule has 1 aromatic heterocycles. The SMILES string of the molecule is Clc1ccccc1-c1nc(Cl)n(-c2ccccc2Cl)n1. The molecule has 0 saturated heterocycles. The fraction of sp³-hybridized carbons (Fsp3) is 0. The summed E-state index contributed by atoms with van der Waals surface area (Å²) < 4.78 is 1.49. The zero-order chi connectivity index (χ0) is 14.1. The quantitative estimate of drug-likeness (QED) is 0.671. The van der Waals surface area contributed by atoms with Crippen molar-refractivity contribution < 1.29 is 0 Å². The lowest BCUT2D eigenvalue weighted by molar-refractivity contribution is 0.883. The third-order valence-corrected chi connectivity index (χ3v) is 3.66. The van der Waals surface area contributed by atoms with Crippen LogP contribution in [0.2, 0.25) is 15.3 Å². The molecule has 0 bridgehead atoms. The third-order valence-electron chi connectivity index (χ3n) is 2.76. The number of hydrogen-bond acceptors (Lipinski definition) is 2. The van der Waals surface area contributed by atoms with Crippen LogP contribution in [0.1, 0.15) is 0 Å². The van der Waals surface area contributed by atoms with Crippen LogP contribution in [-0.4, -0.2) is 14.8 Å². The maximum atomic E-state index is 6.14. The summed E-state index contributed by atoms with van der Waals surface area (Å²) in [6.07, 6.45) is 0. The van der Waals surface area contributed by atoms with Gasteiger partial charge in [-0.15, -0.1) is 5.10 Å². The highest BCUT2D eigenvalue weighted by Crippen LogP contribution is 2.28. The van der Waals surface area contributed by atoms with Gasteiger partial charge in [0.05, 0.1) is 15.7 Å². The van der Waals surface area contributed by atoms with Crippen LogP contribution < -0.4 is 0 Å². The largest absolute Gasteiger partial charge is 0.226 e. The summed E-state index contributed by atoms with van der Waals surface area (Å²) in [4.78, 5) is 4.23. The van der Waals surface area contributed by atoms with Crippen molar-refractivity contribution in [2.75, 3.05) is 0 Å². The number of nitrogens with zero attached hydrogens (tertiary/aromatic N) is 3. The molecule has 0 saturated carbocycles. The Bertz CT molecular complexity index is 768. The Morgan fingerprint density at radius 1 is 0.800 bits per heavy atom. The van der Waals surface area contributed by atoms with Crippen molar-refractivity contribution in [3.8, 4) is 17.1 Å². The first-order valence-electron chi connectivity index (χ1n) is 5.79. The summed E-state index contributed by atoms with van der Waals surface area (Å²) in [5.41, 5.74) is 1.40. The molecular weight excluding hydrogens is 317 g/mol. The molecule has 0 aliphatic carbocycles. The van der Waals surface area contributed by atoms with E-state index in [0.29, 0.717) is 21.6 Å². The van der Waals surface area contributed by atoms with Crippen LogP contribution in [0.3, 0.4) is 0 Å². The summed E-state index contributed by atoms with van der Waals surface area (Å²) >= 11 is 18.4. The zero-order valence-electron chi connectivity index (χ0n) is 10.1. The monoisotopic (exact) mass is 323 g/mol. The lowest BCUT2D eigenvalue weighted by Gasteiger charge is -2.03. The summed E-state index contributed by atoms with van der Waals surface area (Å²) in [5.74, 6) is 0.459. The molecule has 3 rings (SSSR count). The van der Waals surface area contributed by atoms with Gasteiger partial charge in [-0.05, 0) is 35.9 Å². The third kappa shape index (κ3) is 2.40. The van der Waals surface area contributed by atoms with Gasteiger partial charge < -0.3 is 0 Å². The van der Waals surface area contributed by atoms with Gasteiger partial charge >= 0.3 is 0 Å². The Morgan fingerprint density at radius 3 is 2.15 bits per heavy atom. The van der Waals surface area contributed by atoms with Crippen molar-refractivity contribution >= 4 is 34.8 Å². The number of para-hydroxylation sites is 1. The minimum atomic E-state index is 0.230. The van der Waals surface area contributed by atoms with Crippen molar-refractivity contribution in [2.45, 2.75) is 0 Å². The smallest absolute Gasteiger partial charge is 0.201 e. The van der Waals surface area contributed by atoms with E-state index in [1.165, 1.54) is 4.68 Å². The molecule has 0 atom stereocenters. The molecule has 0 aliphatic rings. The van der Waals surface area contributed by atoms with E-state index in [1.54, 1.807) is 12.1 Å². The highest BCUT2D eigenvalue weighted by atomic mass is 35.5. The van der Waals surface area contributed by atoms with Crippen molar-refractivity contribution in [3.63, 3.8) is 0 Å². The molecule has 6 heteroatoms. The topological polar surface area (TPSA) is 30.7 Å². The average Bonchev–Trinajstić information content (AvgIpc) is 2.81. The van der Waals surface area contributed by atoms with Crippen molar-refractivity contribution in [2.24, 2.45) is 0 Å². The van der Waals surface area contributed by atoms with Gasteiger partial charge in [0.2, 0.25) is 5.28 Å². The normalized spacial score (nSPS) is 10.8. The predicted molar refractivity (Wildman–Crippen MR) is 81.8 cm³/mol. The first-order chi connectivity index (χ1) is 9.66. The second kappa shape index (κ2) is 5.44. The second-order valence-electron chi connectivity index (χ2n) is 4.05. The van der Waals surface area contributed by atoms with E-state index in [0.717, 1.165) is 5.56 Å². The van der Waals surface area contributed by atoms with Gasteiger partial charge in [-0.2, -0.15) is 4.98 Å². The minimum absolute atomic E-state index is 0.230. The molecule has 3 aromatic rings. The van der Waals surface area contributed by atoms with Crippen LogP contribution in [0, 0.1) is 0 Å². The Balaban J connectivity index is 2.13. The lowest BCUT2D eigenvalue weighted by atomic mass is 10.2. The Kier molecular flexibility index (Phi) is 3.66. The molecule has 0 spiro atoms. The van der Waals surface area contributed by atoms with E-state index >= 15 is 0 Å². The molecule has 3 nitrogen and oxygen atoms in total. The van der Waals surface area contributed by atoms with E-state index in [-0.39, 0.29) is 5.28 Å². The maximum Gasteiger partial charge on any atom is 0.226 e. The van der Waals surface area contributed by atoms with Crippen molar-refractivity contribution in [1.29, 1.82) is 0 Å². The molecule has 0 aliphatic heterocycles. The number of aromatic nitrogens is 3. The van der Waals surface area contributed by atoms with Crippen LogP contribution >= 0.6 is 34.8 Å². The second-order valence-corrected chi connectivity index (χ2v) is 5.20. The molecule has 0 unspecified atom stereocenters. The number of halogens is 3. The van der Waals surface area contributed by atoms with Gasteiger partial charge in [0, 0.05) is 5.56 Å². The first kappa shape index (κ1) is 13.4. The van der Waals surface area contributed by atoms with Gasteiger partial charge in [0.25, 0.3) is 0 Å². The van der Waals surface area contributed by atoms with Crippen LogP contribution in [0.4, 0.5) is 0 Å². The Hall–Kier alpha value is -1.55. The minimum Gasteiger partial charge on any atom is -0.201 e. The van der Waals surface area contributed by atoms with Crippen LogP contribution in [-0.2, 0) is 0 Å². The van der Waals surface area contributed by atoms with Crippen LogP contribution in [0.15, 0.2) is 48.5 Å². The van der Waals surface area contributed by atoms with Gasteiger partial charge in [0.1, 0.15) is 0 Å². The van der Waals surface area contributed by atoms with Crippen LogP contribution in [0.5, 0.6) is 0 Å². The molecule has 2 aromatic carbocycles. The molecule has 0 fully saturated rings. The number of benzene rings is 2. The maximum absolute atomic E-state index is 6.14. The van der Waals surface area contributed by atoms with Crippen LogP contribution in [0.25, 0.3) is 17.1 Å². The fourth-order valence-corrected chi connectivity index (χ4v) is 2.47. The lowest BCUT2D eigenvalue weighted by Crippen LogP contribution is -1.97. The summed E-state index contributed by atoms with van der Waals surface area (Å²) in [6.45, 7) is 0. The van der Waals surface area contributed by atoms with Gasteiger partial charge in [0.15, 0.2) is 5.82 Å². The van der Waals surface area contributed by atoms with E-state index < -0.39 is 0 Å². The Morgan fingerprint density at radius 2 is 1.45 bits per heavy atom. The highest BCUT2D eigenvalue weighted by Gasteiger charge is 2.14. The predicted octanol–water partition coefficient (Wildman–Crippen LogP) is 4.89. The Labute approximate surface area is 130 Å². The summed E-state index contributed by atoms with van der Waals surface area (Å²) in [7, 11) is 0. The highest BCUT2D eigenvalue weighted by molar-refractivity contribution is 6.33.